The molecule has 1 aromatic heterocycles. The molecule has 1 unspecified atom stereocenters. The predicted octanol–water partition coefficient (Wildman–Crippen LogP) is 2.95. The highest BCUT2D eigenvalue weighted by Gasteiger charge is 2.24. The first-order valence-electron chi connectivity index (χ1n) is 7.23. The van der Waals surface area contributed by atoms with Gasteiger partial charge in [-0.05, 0) is 28.4 Å². The summed E-state index contributed by atoms with van der Waals surface area (Å²) >= 11 is 3.33. The van der Waals surface area contributed by atoms with Gasteiger partial charge in [-0.3, -0.25) is 4.90 Å². The normalized spacial score (nSPS) is 19.7. The molecule has 0 N–H and O–H groups in total. The molecule has 0 radical (unpaired) electrons. The van der Waals surface area contributed by atoms with Gasteiger partial charge < -0.3 is 4.90 Å². The second kappa shape index (κ2) is 6.54. The molecule has 1 atom stereocenters. The van der Waals surface area contributed by atoms with E-state index < -0.39 is 0 Å². The van der Waals surface area contributed by atoms with Gasteiger partial charge in [0, 0.05) is 32.2 Å². The van der Waals surface area contributed by atoms with Gasteiger partial charge in [-0.25, -0.2) is 9.97 Å². The molecule has 1 saturated heterocycles. The van der Waals surface area contributed by atoms with E-state index in [4.69, 9.17) is 0 Å². The van der Waals surface area contributed by atoms with Crippen LogP contribution in [0.3, 0.4) is 0 Å². The Morgan fingerprint density at radius 2 is 1.95 bits per heavy atom. The number of hydrogen-bond acceptors (Lipinski definition) is 4. The Morgan fingerprint density at radius 1 is 1.14 bits per heavy atom. The topological polar surface area (TPSA) is 32.3 Å². The van der Waals surface area contributed by atoms with Crippen molar-refractivity contribution in [2.45, 2.75) is 19.5 Å². The minimum Gasteiger partial charge on any atom is -0.353 e. The lowest BCUT2D eigenvalue weighted by Gasteiger charge is -2.40. The highest BCUT2D eigenvalue weighted by atomic mass is 79.9. The van der Waals surface area contributed by atoms with Crippen molar-refractivity contribution in [1.82, 2.24) is 14.9 Å². The molecule has 0 spiro atoms. The first-order valence-corrected chi connectivity index (χ1v) is 8.02. The third-order valence-electron chi connectivity index (χ3n) is 3.92. The number of halogens is 1. The quantitative estimate of drug-likeness (QED) is 0.855. The maximum absolute atomic E-state index is 4.44. The van der Waals surface area contributed by atoms with Crippen LogP contribution in [0, 0.1) is 0 Å². The molecule has 1 aromatic carbocycles. The number of rotatable bonds is 3. The van der Waals surface area contributed by atoms with E-state index >= 15 is 0 Å². The Morgan fingerprint density at radius 3 is 2.62 bits per heavy atom. The van der Waals surface area contributed by atoms with Gasteiger partial charge in [0.05, 0.1) is 12.4 Å². The van der Waals surface area contributed by atoms with Crippen molar-refractivity contribution in [2.24, 2.45) is 0 Å². The van der Waals surface area contributed by atoms with Crippen molar-refractivity contribution >= 4 is 21.7 Å². The molecular weight excluding hydrogens is 328 g/mol. The van der Waals surface area contributed by atoms with Crippen LogP contribution in [0.5, 0.6) is 0 Å². The minimum absolute atomic E-state index is 0.504. The van der Waals surface area contributed by atoms with E-state index in [1.807, 2.05) is 6.20 Å². The molecule has 3 rings (SSSR count). The SMILES string of the molecule is CC1CN(c2cnc(Br)cn2)CCN1Cc1ccccc1. The first-order chi connectivity index (χ1) is 10.2. The molecule has 4 nitrogen and oxygen atoms in total. The molecule has 0 bridgehead atoms. The van der Waals surface area contributed by atoms with Gasteiger partial charge in [0.25, 0.3) is 0 Å². The number of nitrogens with zero attached hydrogens (tertiary/aromatic N) is 4. The second-order valence-electron chi connectivity index (χ2n) is 5.45. The number of anilines is 1. The van der Waals surface area contributed by atoms with Gasteiger partial charge in [0.15, 0.2) is 0 Å². The zero-order valence-corrected chi connectivity index (χ0v) is 13.7. The average molecular weight is 347 g/mol. The summed E-state index contributed by atoms with van der Waals surface area (Å²) in [7, 11) is 0. The third kappa shape index (κ3) is 3.60. The predicted molar refractivity (Wildman–Crippen MR) is 88.3 cm³/mol. The summed E-state index contributed by atoms with van der Waals surface area (Å²) in [5.41, 5.74) is 1.38. The summed E-state index contributed by atoms with van der Waals surface area (Å²) < 4.78 is 0.780. The number of aromatic nitrogens is 2. The summed E-state index contributed by atoms with van der Waals surface area (Å²) in [5, 5.41) is 0. The molecule has 5 heteroatoms. The average Bonchev–Trinajstić information content (AvgIpc) is 2.51. The zero-order chi connectivity index (χ0) is 14.7. The molecule has 110 valence electrons. The van der Waals surface area contributed by atoms with Crippen molar-refractivity contribution < 1.29 is 0 Å². The number of hydrogen-bond donors (Lipinski definition) is 0. The van der Waals surface area contributed by atoms with Gasteiger partial charge in [-0.2, -0.15) is 0 Å². The Hall–Kier alpha value is -1.46. The summed E-state index contributed by atoms with van der Waals surface area (Å²) in [6, 6.07) is 11.2. The lowest BCUT2D eigenvalue weighted by atomic mass is 10.1. The van der Waals surface area contributed by atoms with Crippen LogP contribution in [0.2, 0.25) is 0 Å². The lowest BCUT2D eigenvalue weighted by Crippen LogP contribution is -2.51. The molecule has 0 saturated carbocycles. The highest BCUT2D eigenvalue weighted by Crippen LogP contribution is 2.19. The van der Waals surface area contributed by atoms with Crippen LogP contribution in [0.15, 0.2) is 47.3 Å². The van der Waals surface area contributed by atoms with Crippen LogP contribution in [-0.4, -0.2) is 40.5 Å². The van der Waals surface area contributed by atoms with Crippen LogP contribution in [0.4, 0.5) is 5.82 Å². The molecular formula is C16H19BrN4. The standard InChI is InChI=1S/C16H19BrN4/c1-13-11-21(16-10-18-15(17)9-19-16)8-7-20(13)12-14-5-3-2-4-6-14/h2-6,9-10,13H,7-8,11-12H2,1H3. The summed E-state index contributed by atoms with van der Waals surface area (Å²) in [6.45, 7) is 6.33. The Bertz CT molecular complexity index is 573. The smallest absolute Gasteiger partial charge is 0.147 e. The van der Waals surface area contributed by atoms with E-state index in [1.54, 1.807) is 6.20 Å². The maximum Gasteiger partial charge on any atom is 0.147 e. The van der Waals surface area contributed by atoms with Gasteiger partial charge in [0.1, 0.15) is 10.4 Å². The van der Waals surface area contributed by atoms with Crippen LogP contribution >= 0.6 is 15.9 Å². The fraction of sp³-hybridized carbons (Fsp3) is 0.375. The highest BCUT2D eigenvalue weighted by molar-refractivity contribution is 9.10. The van der Waals surface area contributed by atoms with E-state index in [0.29, 0.717) is 6.04 Å². The minimum atomic E-state index is 0.504. The zero-order valence-electron chi connectivity index (χ0n) is 12.1. The number of piperazine rings is 1. The molecule has 1 aliphatic rings. The monoisotopic (exact) mass is 346 g/mol. The van der Waals surface area contributed by atoms with Gasteiger partial charge in [-0.1, -0.05) is 30.3 Å². The van der Waals surface area contributed by atoms with Gasteiger partial charge in [0.2, 0.25) is 0 Å². The molecule has 2 heterocycles. The van der Waals surface area contributed by atoms with E-state index in [0.717, 1.165) is 36.6 Å². The Balaban J connectivity index is 1.63. The Kier molecular flexibility index (Phi) is 4.51. The molecule has 1 aliphatic heterocycles. The van der Waals surface area contributed by atoms with E-state index in [9.17, 15) is 0 Å². The summed E-state index contributed by atoms with van der Waals surface area (Å²) in [4.78, 5) is 13.5. The lowest BCUT2D eigenvalue weighted by molar-refractivity contribution is 0.180. The van der Waals surface area contributed by atoms with Gasteiger partial charge in [-0.15, -0.1) is 0 Å². The third-order valence-corrected chi connectivity index (χ3v) is 4.33. The van der Waals surface area contributed by atoms with E-state index in [1.165, 1.54) is 5.56 Å². The molecule has 2 aromatic rings. The molecule has 1 fully saturated rings. The van der Waals surface area contributed by atoms with Gasteiger partial charge >= 0.3 is 0 Å². The maximum atomic E-state index is 4.44. The molecule has 0 amide bonds. The first kappa shape index (κ1) is 14.5. The van der Waals surface area contributed by atoms with Crippen molar-refractivity contribution in [3.63, 3.8) is 0 Å². The Labute approximate surface area is 133 Å². The largest absolute Gasteiger partial charge is 0.353 e. The van der Waals surface area contributed by atoms with Crippen LogP contribution in [0.1, 0.15) is 12.5 Å². The summed E-state index contributed by atoms with van der Waals surface area (Å²) in [5.74, 6) is 0.962. The van der Waals surface area contributed by atoms with Crippen molar-refractivity contribution in [3.8, 4) is 0 Å². The molecule has 0 aliphatic carbocycles. The van der Waals surface area contributed by atoms with Crippen molar-refractivity contribution in [1.29, 1.82) is 0 Å². The molecule has 21 heavy (non-hydrogen) atoms. The van der Waals surface area contributed by atoms with E-state index in [2.05, 4.69) is 73.0 Å². The second-order valence-corrected chi connectivity index (χ2v) is 6.26. The van der Waals surface area contributed by atoms with Crippen LogP contribution in [-0.2, 0) is 6.54 Å². The summed E-state index contributed by atoms with van der Waals surface area (Å²) in [6.07, 6.45) is 3.60. The van der Waals surface area contributed by atoms with Crippen molar-refractivity contribution in [3.05, 3.63) is 52.9 Å². The van der Waals surface area contributed by atoms with Crippen LogP contribution in [0.25, 0.3) is 0 Å². The fourth-order valence-electron chi connectivity index (χ4n) is 2.72. The fourth-order valence-corrected chi connectivity index (χ4v) is 2.93. The van der Waals surface area contributed by atoms with Crippen LogP contribution < -0.4 is 4.90 Å². The van der Waals surface area contributed by atoms with E-state index in [-0.39, 0.29) is 0 Å². The van der Waals surface area contributed by atoms with Crippen molar-refractivity contribution in [2.75, 3.05) is 24.5 Å². The number of benzene rings is 1.